The van der Waals surface area contributed by atoms with Crippen LogP contribution in [0.4, 0.5) is 10.5 Å². The summed E-state index contributed by atoms with van der Waals surface area (Å²) >= 11 is 18.3. The van der Waals surface area contributed by atoms with Crippen molar-refractivity contribution in [3.05, 3.63) is 74.4 Å². The molecule has 2 aromatic carbocycles. The maximum Gasteiger partial charge on any atom is 0.319 e. The highest BCUT2D eigenvalue weighted by Gasteiger charge is 2.32. The number of carbonyl (C=O) groups is 2. The van der Waals surface area contributed by atoms with E-state index in [2.05, 4.69) is 16.0 Å². The number of hydrogen-bond donors (Lipinski definition) is 3. The van der Waals surface area contributed by atoms with Crippen molar-refractivity contribution >= 4 is 52.4 Å². The number of benzene rings is 2. The number of hydrogen-bond acceptors (Lipinski definition) is 2. The van der Waals surface area contributed by atoms with Crippen LogP contribution in [0.15, 0.2) is 53.7 Å². The van der Waals surface area contributed by atoms with Gasteiger partial charge in [0.25, 0.3) is 5.91 Å². The lowest BCUT2D eigenvalue weighted by atomic mass is 9.94. The summed E-state index contributed by atoms with van der Waals surface area (Å²) in [6.45, 7) is 1.65. The first-order valence-corrected chi connectivity index (χ1v) is 8.79. The summed E-state index contributed by atoms with van der Waals surface area (Å²) in [6, 6.07) is 10.6. The van der Waals surface area contributed by atoms with Crippen LogP contribution >= 0.6 is 34.8 Å². The Bertz CT molecular complexity index is 928. The predicted octanol–water partition coefficient (Wildman–Crippen LogP) is 4.91. The first-order chi connectivity index (χ1) is 12.4. The number of urea groups is 1. The van der Waals surface area contributed by atoms with Crippen molar-refractivity contribution in [1.29, 1.82) is 0 Å². The third-order valence-corrected chi connectivity index (χ3v) is 4.80. The number of amides is 3. The van der Waals surface area contributed by atoms with Crippen LogP contribution in [0.25, 0.3) is 0 Å². The minimum atomic E-state index is -0.726. The molecule has 0 spiro atoms. The van der Waals surface area contributed by atoms with Crippen LogP contribution in [0.2, 0.25) is 15.1 Å². The molecule has 0 saturated heterocycles. The second-order valence-corrected chi connectivity index (χ2v) is 6.92. The summed E-state index contributed by atoms with van der Waals surface area (Å²) in [6.07, 6.45) is 0. The van der Waals surface area contributed by atoms with Gasteiger partial charge in [0.1, 0.15) is 0 Å². The zero-order valence-corrected chi connectivity index (χ0v) is 15.8. The van der Waals surface area contributed by atoms with Gasteiger partial charge in [-0.15, -0.1) is 0 Å². The van der Waals surface area contributed by atoms with Gasteiger partial charge in [-0.25, -0.2) is 4.79 Å². The Morgan fingerprint density at radius 2 is 1.81 bits per heavy atom. The monoisotopic (exact) mass is 409 g/mol. The minimum Gasteiger partial charge on any atom is -0.327 e. The Labute approximate surface area is 165 Å². The van der Waals surface area contributed by atoms with Gasteiger partial charge in [-0.2, -0.15) is 0 Å². The smallest absolute Gasteiger partial charge is 0.319 e. The second-order valence-electron chi connectivity index (χ2n) is 5.67. The number of anilines is 1. The van der Waals surface area contributed by atoms with Crippen LogP contribution in [0.1, 0.15) is 18.5 Å². The zero-order chi connectivity index (χ0) is 18.8. The van der Waals surface area contributed by atoms with E-state index in [0.29, 0.717) is 37.6 Å². The highest BCUT2D eigenvalue weighted by molar-refractivity contribution is 6.35. The molecule has 0 fully saturated rings. The molecule has 3 N–H and O–H groups in total. The van der Waals surface area contributed by atoms with Crippen molar-refractivity contribution in [2.75, 3.05) is 5.32 Å². The highest BCUT2D eigenvalue weighted by atomic mass is 35.5. The summed E-state index contributed by atoms with van der Waals surface area (Å²) in [4.78, 5) is 24.8. The van der Waals surface area contributed by atoms with Gasteiger partial charge < -0.3 is 16.0 Å². The Morgan fingerprint density at radius 3 is 2.50 bits per heavy atom. The zero-order valence-electron chi connectivity index (χ0n) is 13.6. The van der Waals surface area contributed by atoms with Gasteiger partial charge in [0, 0.05) is 15.7 Å². The molecule has 26 heavy (non-hydrogen) atoms. The van der Waals surface area contributed by atoms with Gasteiger partial charge in [0.05, 0.1) is 22.3 Å². The molecule has 1 atom stereocenters. The molecule has 1 aliphatic rings. The highest BCUT2D eigenvalue weighted by Crippen LogP contribution is 2.34. The Balaban J connectivity index is 2.00. The predicted molar refractivity (Wildman–Crippen MR) is 104 cm³/mol. The SMILES string of the molecule is CC1=C(C(=O)Nc2ccccc2Cl)C(c2ccc(Cl)cc2Cl)NC(=O)N1. The van der Waals surface area contributed by atoms with E-state index in [1.807, 2.05) is 0 Å². The van der Waals surface area contributed by atoms with Crippen LogP contribution in [-0.2, 0) is 4.79 Å². The summed E-state index contributed by atoms with van der Waals surface area (Å²) in [5.74, 6) is -0.404. The van der Waals surface area contributed by atoms with Crippen LogP contribution in [0.5, 0.6) is 0 Å². The molecule has 5 nitrogen and oxygen atoms in total. The van der Waals surface area contributed by atoms with Crippen molar-refractivity contribution in [2.24, 2.45) is 0 Å². The quantitative estimate of drug-likeness (QED) is 0.672. The molecular formula is C18H14Cl3N3O2. The summed E-state index contributed by atoms with van der Waals surface area (Å²) < 4.78 is 0. The first kappa shape index (κ1) is 18.6. The lowest BCUT2D eigenvalue weighted by molar-refractivity contribution is -0.113. The molecule has 0 aliphatic carbocycles. The van der Waals surface area contributed by atoms with Gasteiger partial charge >= 0.3 is 6.03 Å². The topological polar surface area (TPSA) is 70.2 Å². The van der Waals surface area contributed by atoms with E-state index in [1.54, 1.807) is 49.4 Å². The standard InChI is InChI=1S/C18H14Cl3N3O2/c1-9-15(17(25)23-14-5-3-2-4-12(14)20)16(24-18(26)22-9)11-7-6-10(19)8-13(11)21/h2-8,16H,1H3,(H,23,25)(H2,22,24,26). The number of carbonyl (C=O) groups excluding carboxylic acids is 2. The van der Waals surface area contributed by atoms with E-state index in [1.165, 1.54) is 0 Å². The molecule has 0 radical (unpaired) electrons. The number of nitrogens with one attached hydrogen (secondary N) is 3. The molecule has 0 aromatic heterocycles. The second kappa shape index (κ2) is 7.58. The molecule has 0 saturated carbocycles. The number of halogens is 3. The molecule has 8 heteroatoms. The minimum absolute atomic E-state index is 0.328. The third kappa shape index (κ3) is 3.80. The van der Waals surface area contributed by atoms with Crippen molar-refractivity contribution in [3.63, 3.8) is 0 Å². The summed E-state index contributed by atoms with van der Waals surface area (Å²) in [5, 5.41) is 9.32. The molecule has 134 valence electrons. The number of allylic oxidation sites excluding steroid dienone is 1. The van der Waals surface area contributed by atoms with Crippen molar-refractivity contribution < 1.29 is 9.59 Å². The molecule has 3 rings (SSSR count). The normalized spacial score (nSPS) is 16.8. The largest absolute Gasteiger partial charge is 0.327 e. The van der Waals surface area contributed by atoms with E-state index in [0.717, 1.165) is 0 Å². The summed E-state index contributed by atoms with van der Waals surface area (Å²) in [5.41, 5.74) is 1.79. The lowest BCUT2D eigenvalue weighted by Gasteiger charge is -2.29. The van der Waals surface area contributed by atoms with Crippen molar-refractivity contribution in [3.8, 4) is 0 Å². The fraction of sp³-hybridized carbons (Fsp3) is 0.111. The van der Waals surface area contributed by atoms with E-state index in [-0.39, 0.29) is 0 Å². The lowest BCUT2D eigenvalue weighted by Crippen LogP contribution is -2.46. The summed E-state index contributed by atoms with van der Waals surface area (Å²) in [7, 11) is 0. The average molecular weight is 411 g/mol. The van der Waals surface area contributed by atoms with E-state index < -0.39 is 18.0 Å². The van der Waals surface area contributed by atoms with Crippen molar-refractivity contribution in [1.82, 2.24) is 10.6 Å². The Morgan fingerprint density at radius 1 is 1.08 bits per heavy atom. The first-order valence-electron chi connectivity index (χ1n) is 7.66. The van der Waals surface area contributed by atoms with Gasteiger partial charge in [0.2, 0.25) is 0 Å². The fourth-order valence-electron chi connectivity index (χ4n) is 2.72. The number of para-hydroxylation sites is 1. The van der Waals surface area contributed by atoms with Gasteiger partial charge in [-0.05, 0) is 36.8 Å². The molecule has 0 bridgehead atoms. The molecule has 1 aliphatic heterocycles. The maximum atomic E-state index is 12.9. The maximum absolute atomic E-state index is 12.9. The average Bonchev–Trinajstić information content (AvgIpc) is 2.56. The van der Waals surface area contributed by atoms with E-state index in [4.69, 9.17) is 34.8 Å². The molecule has 1 unspecified atom stereocenters. The van der Waals surface area contributed by atoms with Crippen LogP contribution in [0.3, 0.4) is 0 Å². The van der Waals surface area contributed by atoms with E-state index in [9.17, 15) is 9.59 Å². The fourth-order valence-corrected chi connectivity index (χ4v) is 3.42. The third-order valence-electron chi connectivity index (χ3n) is 3.91. The van der Waals surface area contributed by atoms with Crippen molar-refractivity contribution in [2.45, 2.75) is 13.0 Å². The van der Waals surface area contributed by atoms with Gasteiger partial charge in [0.15, 0.2) is 0 Å². The van der Waals surface area contributed by atoms with Gasteiger partial charge in [-0.3, -0.25) is 4.79 Å². The molecule has 2 aromatic rings. The van der Waals surface area contributed by atoms with E-state index >= 15 is 0 Å². The Hall–Kier alpha value is -2.21. The number of rotatable bonds is 3. The molecular weight excluding hydrogens is 397 g/mol. The van der Waals surface area contributed by atoms with Crippen LogP contribution in [-0.4, -0.2) is 11.9 Å². The Kier molecular flexibility index (Phi) is 5.41. The van der Waals surface area contributed by atoms with Crippen LogP contribution in [0, 0.1) is 0 Å². The molecule has 3 amide bonds. The molecule has 1 heterocycles. The van der Waals surface area contributed by atoms with Gasteiger partial charge in [-0.1, -0.05) is 53.0 Å². The van der Waals surface area contributed by atoms with Crippen LogP contribution < -0.4 is 16.0 Å².